The van der Waals surface area contributed by atoms with Crippen molar-refractivity contribution >= 4 is 28.2 Å². The largest absolute Gasteiger partial charge is 0.452 e. The van der Waals surface area contributed by atoms with Crippen molar-refractivity contribution in [1.29, 1.82) is 0 Å². The fourth-order valence-electron chi connectivity index (χ4n) is 0.798. The molecule has 0 spiro atoms. The standard InChI is InChI=1S/C9H8BrFN2O2/c1-15-9(14)13-12-5-6-2-3-8(11)7(10)4-6/h2-5H,1H3,(H,13,14). The number of halogens is 2. The molecule has 1 rings (SSSR count). The maximum atomic E-state index is 12.8. The summed E-state index contributed by atoms with van der Waals surface area (Å²) in [5.74, 6) is -0.354. The van der Waals surface area contributed by atoms with E-state index in [-0.39, 0.29) is 5.82 Å². The predicted molar refractivity (Wildman–Crippen MR) is 57.2 cm³/mol. The predicted octanol–water partition coefficient (Wildman–Crippen LogP) is 2.28. The molecule has 0 saturated heterocycles. The van der Waals surface area contributed by atoms with Crippen molar-refractivity contribution in [1.82, 2.24) is 5.43 Å². The van der Waals surface area contributed by atoms with Crippen molar-refractivity contribution in [3.63, 3.8) is 0 Å². The first-order chi connectivity index (χ1) is 7.13. The molecule has 0 fully saturated rings. The Kier molecular flexibility index (Phi) is 4.23. The highest BCUT2D eigenvalue weighted by molar-refractivity contribution is 9.10. The number of benzene rings is 1. The topological polar surface area (TPSA) is 50.7 Å². The minimum atomic E-state index is -0.660. The van der Waals surface area contributed by atoms with E-state index >= 15 is 0 Å². The highest BCUT2D eigenvalue weighted by Gasteiger charge is 1.98. The van der Waals surface area contributed by atoms with Crippen LogP contribution >= 0.6 is 15.9 Å². The highest BCUT2D eigenvalue weighted by atomic mass is 79.9. The Morgan fingerprint density at radius 1 is 1.67 bits per heavy atom. The van der Waals surface area contributed by atoms with Gasteiger partial charge in [0.25, 0.3) is 0 Å². The van der Waals surface area contributed by atoms with E-state index in [9.17, 15) is 9.18 Å². The lowest BCUT2D eigenvalue weighted by Crippen LogP contribution is -2.16. The van der Waals surface area contributed by atoms with Crippen molar-refractivity contribution in [3.05, 3.63) is 34.1 Å². The Hall–Kier alpha value is -1.43. The Morgan fingerprint density at radius 2 is 2.40 bits per heavy atom. The number of amides is 1. The van der Waals surface area contributed by atoms with Gasteiger partial charge in [-0.1, -0.05) is 6.07 Å². The Balaban J connectivity index is 2.65. The number of methoxy groups -OCH3 is 1. The summed E-state index contributed by atoms with van der Waals surface area (Å²) >= 11 is 3.03. The zero-order chi connectivity index (χ0) is 11.3. The lowest BCUT2D eigenvalue weighted by molar-refractivity contribution is 0.171. The van der Waals surface area contributed by atoms with Gasteiger partial charge >= 0.3 is 6.09 Å². The van der Waals surface area contributed by atoms with Crippen LogP contribution < -0.4 is 5.43 Å². The lowest BCUT2D eigenvalue weighted by Gasteiger charge is -1.97. The van der Waals surface area contributed by atoms with Crippen LogP contribution in [-0.4, -0.2) is 19.4 Å². The average molecular weight is 275 g/mol. The van der Waals surface area contributed by atoms with Gasteiger partial charge in [0.15, 0.2) is 0 Å². The SMILES string of the molecule is COC(=O)NN=Cc1ccc(F)c(Br)c1. The molecule has 1 N–H and O–H groups in total. The van der Waals surface area contributed by atoms with E-state index < -0.39 is 6.09 Å². The van der Waals surface area contributed by atoms with E-state index in [1.807, 2.05) is 0 Å². The molecular weight excluding hydrogens is 267 g/mol. The lowest BCUT2D eigenvalue weighted by atomic mass is 10.2. The molecule has 80 valence electrons. The van der Waals surface area contributed by atoms with Gasteiger partial charge < -0.3 is 4.74 Å². The van der Waals surface area contributed by atoms with Crippen LogP contribution in [0.4, 0.5) is 9.18 Å². The summed E-state index contributed by atoms with van der Waals surface area (Å²) in [7, 11) is 1.24. The van der Waals surface area contributed by atoms with Crippen LogP contribution in [-0.2, 0) is 4.74 Å². The molecule has 4 nitrogen and oxygen atoms in total. The highest BCUT2D eigenvalue weighted by Crippen LogP contribution is 2.15. The second-order valence-corrected chi connectivity index (χ2v) is 3.39. The van der Waals surface area contributed by atoms with E-state index in [0.29, 0.717) is 10.0 Å². The van der Waals surface area contributed by atoms with Crippen molar-refractivity contribution in [2.45, 2.75) is 0 Å². The second kappa shape index (κ2) is 5.45. The molecule has 1 aromatic carbocycles. The third-order valence-electron chi connectivity index (χ3n) is 1.50. The molecule has 1 amide bonds. The Labute approximate surface area is 94.2 Å². The molecule has 0 aliphatic carbocycles. The first kappa shape index (κ1) is 11.6. The Bertz CT molecular complexity index is 396. The second-order valence-electron chi connectivity index (χ2n) is 2.54. The molecule has 0 aliphatic rings. The number of nitrogens with one attached hydrogen (secondary N) is 1. The molecule has 0 radical (unpaired) electrons. The van der Waals surface area contributed by atoms with Gasteiger partial charge in [0.05, 0.1) is 17.8 Å². The molecule has 6 heteroatoms. The molecule has 0 unspecified atom stereocenters. The third kappa shape index (κ3) is 3.67. The van der Waals surface area contributed by atoms with Gasteiger partial charge in [-0.2, -0.15) is 5.10 Å². The summed E-state index contributed by atoms with van der Waals surface area (Å²) in [5.41, 5.74) is 2.77. The first-order valence-electron chi connectivity index (χ1n) is 3.95. The van der Waals surface area contributed by atoms with Crippen LogP contribution in [0.5, 0.6) is 0 Å². The van der Waals surface area contributed by atoms with Crippen molar-refractivity contribution in [2.75, 3.05) is 7.11 Å². The number of hydrogen-bond donors (Lipinski definition) is 1. The molecule has 0 aliphatic heterocycles. The zero-order valence-corrected chi connectivity index (χ0v) is 9.42. The van der Waals surface area contributed by atoms with Gasteiger partial charge in [0.2, 0.25) is 0 Å². The van der Waals surface area contributed by atoms with Gasteiger partial charge in [-0.15, -0.1) is 0 Å². The third-order valence-corrected chi connectivity index (χ3v) is 2.11. The first-order valence-corrected chi connectivity index (χ1v) is 4.75. The van der Waals surface area contributed by atoms with Gasteiger partial charge in [0.1, 0.15) is 5.82 Å². The minimum Gasteiger partial charge on any atom is -0.452 e. The van der Waals surface area contributed by atoms with Gasteiger partial charge in [0, 0.05) is 0 Å². The van der Waals surface area contributed by atoms with Gasteiger partial charge in [-0.25, -0.2) is 14.6 Å². The van der Waals surface area contributed by atoms with Crippen LogP contribution in [0.25, 0.3) is 0 Å². The summed E-state index contributed by atoms with van der Waals surface area (Å²) in [6, 6.07) is 4.37. The molecule has 0 aromatic heterocycles. The van der Waals surface area contributed by atoms with Crippen LogP contribution in [0.3, 0.4) is 0 Å². The van der Waals surface area contributed by atoms with E-state index in [0.717, 1.165) is 0 Å². The van der Waals surface area contributed by atoms with Crippen LogP contribution in [0, 0.1) is 5.82 Å². The number of nitrogens with zero attached hydrogens (tertiary/aromatic N) is 1. The fraction of sp³-hybridized carbons (Fsp3) is 0.111. The van der Waals surface area contributed by atoms with Crippen LogP contribution in [0.15, 0.2) is 27.8 Å². The number of carbonyl (C=O) groups is 1. The molecular formula is C9H8BrFN2O2. The number of hydrazone groups is 1. The monoisotopic (exact) mass is 274 g/mol. The molecule has 0 heterocycles. The summed E-state index contributed by atoms with van der Waals surface area (Å²) in [6.45, 7) is 0. The van der Waals surface area contributed by atoms with Crippen LogP contribution in [0.1, 0.15) is 5.56 Å². The smallest absolute Gasteiger partial charge is 0.427 e. The summed E-state index contributed by atoms with van der Waals surface area (Å²) in [4.78, 5) is 10.6. The minimum absolute atomic E-state index is 0.338. The number of carbonyl (C=O) groups excluding carboxylic acids is 1. The average Bonchev–Trinajstić information content (AvgIpc) is 2.23. The molecule has 0 bridgehead atoms. The normalized spacial score (nSPS) is 10.3. The van der Waals surface area contributed by atoms with Crippen molar-refractivity contribution in [2.24, 2.45) is 5.10 Å². The molecule has 0 saturated carbocycles. The van der Waals surface area contributed by atoms with Gasteiger partial charge in [-0.05, 0) is 33.6 Å². The summed E-state index contributed by atoms with van der Waals surface area (Å²) < 4.78 is 17.5. The maximum Gasteiger partial charge on any atom is 0.427 e. The van der Waals surface area contributed by atoms with Gasteiger partial charge in [-0.3, -0.25) is 0 Å². The Morgan fingerprint density at radius 3 is 3.00 bits per heavy atom. The molecule has 0 atom stereocenters. The summed E-state index contributed by atoms with van der Waals surface area (Å²) in [5, 5.41) is 3.59. The fourth-order valence-corrected chi connectivity index (χ4v) is 1.19. The number of hydrogen-bond acceptors (Lipinski definition) is 3. The van der Waals surface area contributed by atoms with E-state index in [2.05, 4.69) is 31.2 Å². The van der Waals surface area contributed by atoms with E-state index in [1.54, 1.807) is 0 Å². The number of ether oxygens (including phenoxy) is 1. The quantitative estimate of drug-likeness (QED) is 0.665. The van der Waals surface area contributed by atoms with Crippen molar-refractivity contribution < 1.29 is 13.9 Å². The van der Waals surface area contributed by atoms with E-state index in [1.165, 1.54) is 31.5 Å². The van der Waals surface area contributed by atoms with Crippen molar-refractivity contribution in [3.8, 4) is 0 Å². The summed E-state index contributed by atoms with van der Waals surface area (Å²) in [6.07, 6.45) is 0.716. The molecule has 1 aromatic rings. The maximum absolute atomic E-state index is 12.8. The van der Waals surface area contributed by atoms with Crippen LogP contribution in [0.2, 0.25) is 0 Å². The van der Waals surface area contributed by atoms with E-state index in [4.69, 9.17) is 0 Å². The molecule has 15 heavy (non-hydrogen) atoms. The zero-order valence-electron chi connectivity index (χ0n) is 7.83. The number of rotatable bonds is 2.